The molecule has 0 aromatic carbocycles. The van der Waals surface area contributed by atoms with E-state index in [-0.39, 0.29) is 0 Å². The van der Waals surface area contributed by atoms with Crippen LogP contribution in [-0.2, 0) is 0 Å². The van der Waals surface area contributed by atoms with Crippen molar-refractivity contribution in [2.75, 3.05) is 13.6 Å². The van der Waals surface area contributed by atoms with Crippen molar-refractivity contribution in [2.45, 2.75) is 110 Å². The number of aliphatic imine (C=N–C) groups is 1. The van der Waals surface area contributed by atoms with Gasteiger partial charge in [0.1, 0.15) is 0 Å². The number of rotatable bonds is 18. The summed E-state index contributed by atoms with van der Waals surface area (Å²) in [5, 5.41) is 0. The zero-order chi connectivity index (χ0) is 24.1. The first-order chi connectivity index (χ1) is 16.8. The average Bonchev–Trinajstić information content (AvgIpc) is 2.86. The van der Waals surface area contributed by atoms with Crippen LogP contribution >= 0.6 is 0 Å². The molecule has 2 heteroatoms. The minimum Gasteiger partial charge on any atom is -0.357 e. The van der Waals surface area contributed by atoms with Crippen LogP contribution in [0.4, 0.5) is 0 Å². The monoisotopic (exact) mass is 462 g/mol. The molecular formula is C32H50N2. The van der Waals surface area contributed by atoms with E-state index >= 15 is 0 Å². The van der Waals surface area contributed by atoms with Crippen molar-refractivity contribution in [1.82, 2.24) is 4.90 Å². The minimum atomic E-state index is 0.953. The largest absolute Gasteiger partial charge is 0.357 e. The Balaban J connectivity index is 1.40. The number of unbranched alkanes of at least 4 members (excludes halogenated alkanes) is 15. The fourth-order valence-electron chi connectivity index (χ4n) is 4.37. The Hall–Kier alpha value is -2.09. The summed E-state index contributed by atoms with van der Waals surface area (Å²) < 4.78 is 0. The Kier molecular flexibility index (Phi) is 15.9. The van der Waals surface area contributed by atoms with Crippen LogP contribution in [0.1, 0.15) is 110 Å². The summed E-state index contributed by atoms with van der Waals surface area (Å²) in [6.45, 7) is 3.25. The summed E-state index contributed by atoms with van der Waals surface area (Å²) in [5.74, 6) is 0. The van der Waals surface area contributed by atoms with E-state index < -0.39 is 0 Å². The molecule has 0 aromatic rings. The van der Waals surface area contributed by atoms with Crippen molar-refractivity contribution in [3.05, 3.63) is 72.2 Å². The maximum atomic E-state index is 4.75. The third-order valence-corrected chi connectivity index (χ3v) is 6.67. The van der Waals surface area contributed by atoms with E-state index in [0.29, 0.717) is 0 Å². The van der Waals surface area contributed by atoms with Crippen molar-refractivity contribution in [2.24, 2.45) is 4.99 Å². The molecule has 0 aromatic heterocycles. The van der Waals surface area contributed by atoms with E-state index in [1.165, 1.54) is 114 Å². The molecule has 0 atom stereocenters. The van der Waals surface area contributed by atoms with Crippen LogP contribution in [-0.4, -0.2) is 24.2 Å². The molecule has 0 bridgehead atoms. The van der Waals surface area contributed by atoms with Crippen molar-refractivity contribution < 1.29 is 0 Å². The number of hydrogen-bond donors (Lipinski definition) is 0. The van der Waals surface area contributed by atoms with Crippen LogP contribution in [0.25, 0.3) is 0 Å². The molecule has 0 spiro atoms. The topological polar surface area (TPSA) is 15.6 Å². The molecule has 0 radical (unpaired) electrons. The Labute approximate surface area is 211 Å². The molecule has 0 saturated carbocycles. The summed E-state index contributed by atoms with van der Waals surface area (Å²) >= 11 is 0. The van der Waals surface area contributed by atoms with Gasteiger partial charge in [0.15, 0.2) is 0 Å². The Morgan fingerprint density at radius 1 is 0.559 bits per heavy atom. The molecule has 2 nitrogen and oxygen atoms in total. The summed E-state index contributed by atoms with van der Waals surface area (Å²) in [6, 6.07) is 0. The summed E-state index contributed by atoms with van der Waals surface area (Å²) in [4.78, 5) is 6.80. The van der Waals surface area contributed by atoms with E-state index in [2.05, 4.69) is 67.9 Å². The van der Waals surface area contributed by atoms with Gasteiger partial charge in [-0.1, -0.05) is 128 Å². The molecular weight excluding hydrogens is 412 g/mol. The third-order valence-electron chi connectivity index (χ3n) is 6.67. The molecule has 34 heavy (non-hydrogen) atoms. The molecule has 1 heterocycles. The van der Waals surface area contributed by atoms with E-state index in [9.17, 15) is 0 Å². The first-order valence-corrected chi connectivity index (χ1v) is 14.2. The lowest BCUT2D eigenvalue weighted by atomic mass is 10.0. The predicted octanol–water partition coefficient (Wildman–Crippen LogP) is 9.64. The Bertz CT molecular complexity index is 711. The van der Waals surface area contributed by atoms with E-state index in [4.69, 9.17) is 4.99 Å². The van der Waals surface area contributed by atoms with E-state index in [0.717, 1.165) is 12.3 Å². The summed E-state index contributed by atoms with van der Waals surface area (Å²) in [5.41, 5.74) is 3.54. The van der Waals surface area contributed by atoms with Crippen molar-refractivity contribution in [3.8, 4) is 0 Å². The van der Waals surface area contributed by atoms with Crippen molar-refractivity contribution >= 4 is 5.71 Å². The quantitative estimate of drug-likeness (QED) is 0.185. The average molecular weight is 463 g/mol. The van der Waals surface area contributed by atoms with Gasteiger partial charge in [0.2, 0.25) is 0 Å². The van der Waals surface area contributed by atoms with Gasteiger partial charge in [-0.15, -0.1) is 0 Å². The molecule has 1 aliphatic heterocycles. The van der Waals surface area contributed by atoms with Crippen LogP contribution in [0.2, 0.25) is 0 Å². The molecule has 0 unspecified atom stereocenters. The molecule has 2 aliphatic rings. The zero-order valence-corrected chi connectivity index (χ0v) is 22.2. The third kappa shape index (κ3) is 14.2. The lowest BCUT2D eigenvalue weighted by Crippen LogP contribution is -2.02. The Morgan fingerprint density at radius 2 is 0.971 bits per heavy atom. The first-order valence-electron chi connectivity index (χ1n) is 14.2. The highest BCUT2D eigenvalue weighted by molar-refractivity contribution is 6.05. The SMILES string of the molecule is CCCCCCCCCCCCCCCCCCN=C1C=CC(=CC=C2C=CN(C)C=C2)C=C1. The van der Waals surface area contributed by atoms with Crippen LogP contribution < -0.4 is 0 Å². The molecule has 0 N–H and O–H groups in total. The molecule has 0 fully saturated rings. The van der Waals surface area contributed by atoms with Gasteiger partial charge < -0.3 is 4.90 Å². The molecule has 0 amide bonds. The van der Waals surface area contributed by atoms with Crippen LogP contribution in [0.5, 0.6) is 0 Å². The standard InChI is InChI=1S/C32H50N2/c1-3-4-5-6-7-8-9-10-11-12-13-14-15-16-17-18-27-33-32-23-21-30(22-24-32)19-20-31-25-28-34(2)29-26-31/h19-26,28-29H,3-18,27H2,1-2H3. The summed E-state index contributed by atoms with van der Waals surface area (Å²) in [7, 11) is 2.04. The lowest BCUT2D eigenvalue weighted by molar-refractivity contribution is 0.530. The van der Waals surface area contributed by atoms with Gasteiger partial charge in [0.05, 0.1) is 5.71 Å². The normalized spacial score (nSPS) is 14.9. The van der Waals surface area contributed by atoms with Gasteiger partial charge in [-0.3, -0.25) is 4.99 Å². The molecule has 2 rings (SSSR count). The molecule has 0 saturated heterocycles. The van der Waals surface area contributed by atoms with Gasteiger partial charge in [-0.25, -0.2) is 0 Å². The van der Waals surface area contributed by atoms with Gasteiger partial charge in [-0.2, -0.15) is 0 Å². The fourth-order valence-corrected chi connectivity index (χ4v) is 4.37. The maximum Gasteiger partial charge on any atom is 0.0574 e. The highest BCUT2D eigenvalue weighted by Gasteiger charge is 1.99. The van der Waals surface area contributed by atoms with Crippen molar-refractivity contribution in [3.63, 3.8) is 0 Å². The maximum absolute atomic E-state index is 4.75. The van der Waals surface area contributed by atoms with E-state index in [1.807, 2.05) is 11.9 Å². The smallest absolute Gasteiger partial charge is 0.0574 e. The number of hydrogen-bond acceptors (Lipinski definition) is 2. The second kappa shape index (κ2) is 19.2. The molecule has 1 aliphatic carbocycles. The van der Waals surface area contributed by atoms with Crippen LogP contribution in [0.3, 0.4) is 0 Å². The summed E-state index contributed by atoms with van der Waals surface area (Å²) in [6.07, 6.45) is 43.9. The fraction of sp³-hybridized carbons (Fsp3) is 0.594. The van der Waals surface area contributed by atoms with E-state index in [1.54, 1.807) is 0 Å². The second-order valence-corrected chi connectivity index (χ2v) is 9.91. The van der Waals surface area contributed by atoms with Gasteiger partial charge in [0, 0.05) is 26.0 Å². The zero-order valence-electron chi connectivity index (χ0n) is 22.2. The number of nitrogens with zero attached hydrogens (tertiary/aromatic N) is 2. The predicted molar refractivity (Wildman–Crippen MR) is 152 cm³/mol. The minimum absolute atomic E-state index is 0.953. The number of allylic oxidation sites excluding steroid dienone is 10. The van der Waals surface area contributed by atoms with Crippen LogP contribution in [0.15, 0.2) is 77.1 Å². The van der Waals surface area contributed by atoms with Gasteiger partial charge in [0.25, 0.3) is 0 Å². The highest BCUT2D eigenvalue weighted by atomic mass is 15.0. The Morgan fingerprint density at radius 3 is 1.44 bits per heavy atom. The highest BCUT2D eigenvalue weighted by Crippen LogP contribution is 2.14. The van der Waals surface area contributed by atoms with Gasteiger partial charge >= 0.3 is 0 Å². The molecule has 188 valence electrons. The van der Waals surface area contributed by atoms with Crippen molar-refractivity contribution in [1.29, 1.82) is 0 Å². The van der Waals surface area contributed by atoms with Gasteiger partial charge in [-0.05, 0) is 41.9 Å². The van der Waals surface area contributed by atoms with Crippen LogP contribution in [0, 0.1) is 0 Å². The second-order valence-electron chi connectivity index (χ2n) is 9.91. The lowest BCUT2D eigenvalue weighted by Gasteiger charge is -2.11. The first kappa shape index (κ1) is 28.1.